The van der Waals surface area contributed by atoms with Crippen LogP contribution in [0.25, 0.3) is 0 Å². The van der Waals surface area contributed by atoms with E-state index in [9.17, 15) is 18.0 Å². The summed E-state index contributed by atoms with van der Waals surface area (Å²) in [6.07, 6.45) is -1.48. The van der Waals surface area contributed by atoms with Crippen molar-refractivity contribution in [3.8, 4) is 0 Å². The Bertz CT molecular complexity index is 678. The van der Waals surface area contributed by atoms with Crippen molar-refractivity contribution >= 4 is 11.6 Å². The lowest BCUT2D eigenvalue weighted by atomic mass is 10.2. The van der Waals surface area contributed by atoms with Crippen LogP contribution in [0, 0.1) is 6.92 Å². The zero-order chi connectivity index (χ0) is 15.8. The highest BCUT2D eigenvalue weighted by molar-refractivity contribution is 6.04. The first-order chi connectivity index (χ1) is 9.71. The van der Waals surface area contributed by atoms with Crippen LogP contribution in [0.1, 0.15) is 21.7 Å². The zero-order valence-electron chi connectivity index (χ0n) is 11.6. The average molecular weight is 298 g/mol. The maximum atomic E-state index is 12.7. The SMILES string of the molecule is Cc1cnccc1N(C)C(=O)c1cc(C(F)(F)F)n(C)n1. The molecule has 0 aliphatic carbocycles. The summed E-state index contributed by atoms with van der Waals surface area (Å²) < 4.78 is 38.8. The lowest BCUT2D eigenvalue weighted by Gasteiger charge is -2.17. The number of aromatic nitrogens is 3. The normalized spacial score (nSPS) is 11.5. The molecule has 2 heterocycles. The minimum atomic E-state index is -4.55. The van der Waals surface area contributed by atoms with Crippen LogP contribution in [0.15, 0.2) is 24.5 Å². The van der Waals surface area contributed by atoms with E-state index in [0.717, 1.165) is 18.7 Å². The number of carbonyl (C=O) groups excluding carboxylic acids is 1. The minimum absolute atomic E-state index is 0.261. The van der Waals surface area contributed by atoms with Crippen LogP contribution < -0.4 is 4.90 Å². The fraction of sp³-hybridized carbons (Fsp3) is 0.308. The summed E-state index contributed by atoms with van der Waals surface area (Å²) in [4.78, 5) is 17.4. The largest absolute Gasteiger partial charge is 0.433 e. The zero-order valence-corrected chi connectivity index (χ0v) is 11.6. The number of amides is 1. The summed E-state index contributed by atoms with van der Waals surface area (Å²) in [5, 5.41) is 3.64. The van der Waals surface area contributed by atoms with Gasteiger partial charge in [-0.1, -0.05) is 0 Å². The predicted molar refractivity (Wildman–Crippen MR) is 69.9 cm³/mol. The molecule has 8 heteroatoms. The standard InChI is InChI=1S/C13H13F3N4O/c1-8-7-17-5-4-10(8)19(2)12(21)9-6-11(13(14,15)16)20(3)18-9/h4-7H,1-3H3. The van der Waals surface area contributed by atoms with Crippen LogP contribution in [0.3, 0.4) is 0 Å². The Balaban J connectivity index is 2.35. The molecule has 0 N–H and O–H groups in total. The molecule has 2 aromatic rings. The van der Waals surface area contributed by atoms with Crippen molar-refractivity contribution in [2.75, 3.05) is 11.9 Å². The molecule has 0 bridgehead atoms. The van der Waals surface area contributed by atoms with E-state index in [-0.39, 0.29) is 5.69 Å². The number of halogens is 3. The molecule has 0 spiro atoms. The highest BCUT2D eigenvalue weighted by Gasteiger charge is 2.36. The molecule has 112 valence electrons. The summed E-state index contributed by atoms with van der Waals surface area (Å²) in [5.41, 5.74) is 0.0729. The summed E-state index contributed by atoms with van der Waals surface area (Å²) in [6, 6.07) is 2.36. The van der Waals surface area contributed by atoms with E-state index in [1.165, 1.54) is 18.1 Å². The van der Waals surface area contributed by atoms with E-state index in [1.54, 1.807) is 19.2 Å². The minimum Gasteiger partial charge on any atom is -0.310 e. The van der Waals surface area contributed by atoms with Gasteiger partial charge < -0.3 is 4.90 Å². The molecule has 1 amide bonds. The topological polar surface area (TPSA) is 51.0 Å². The second-order valence-corrected chi connectivity index (χ2v) is 4.56. The molecular weight excluding hydrogens is 285 g/mol. The van der Waals surface area contributed by atoms with Crippen LogP contribution in [-0.4, -0.2) is 27.7 Å². The first-order valence-electron chi connectivity index (χ1n) is 6.01. The Kier molecular flexibility index (Phi) is 3.71. The molecule has 0 unspecified atom stereocenters. The van der Waals surface area contributed by atoms with Gasteiger partial charge in [0.05, 0.1) is 0 Å². The highest BCUT2D eigenvalue weighted by Crippen LogP contribution is 2.29. The lowest BCUT2D eigenvalue weighted by molar-refractivity contribution is -0.143. The molecule has 0 atom stereocenters. The van der Waals surface area contributed by atoms with Crippen molar-refractivity contribution in [3.63, 3.8) is 0 Å². The van der Waals surface area contributed by atoms with Gasteiger partial charge in [0.2, 0.25) is 0 Å². The maximum Gasteiger partial charge on any atom is 0.433 e. The summed E-state index contributed by atoms with van der Waals surface area (Å²) >= 11 is 0. The number of anilines is 1. The molecule has 0 radical (unpaired) electrons. The second kappa shape index (κ2) is 5.19. The third-order valence-corrected chi connectivity index (χ3v) is 3.05. The van der Waals surface area contributed by atoms with Crippen molar-refractivity contribution in [3.05, 3.63) is 41.5 Å². The molecule has 2 rings (SSSR count). The van der Waals surface area contributed by atoms with E-state index in [1.807, 2.05) is 0 Å². The Morgan fingerprint density at radius 1 is 1.38 bits per heavy atom. The Morgan fingerprint density at radius 2 is 2.05 bits per heavy atom. The first-order valence-corrected chi connectivity index (χ1v) is 6.01. The van der Waals surface area contributed by atoms with Gasteiger partial charge in [-0.15, -0.1) is 0 Å². The Hall–Kier alpha value is -2.38. The highest BCUT2D eigenvalue weighted by atomic mass is 19.4. The molecule has 0 aliphatic heterocycles. The first kappa shape index (κ1) is 15.0. The van der Waals surface area contributed by atoms with Crippen LogP contribution in [0.5, 0.6) is 0 Å². The van der Waals surface area contributed by atoms with Crippen molar-refractivity contribution in [1.82, 2.24) is 14.8 Å². The number of hydrogen-bond donors (Lipinski definition) is 0. The third-order valence-electron chi connectivity index (χ3n) is 3.05. The quantitative estimate of drug-likeness (QED) is 0.855. The number of nitrogens with zero attached hydrogens (tertiary/aromatic N) is 4. The number of carbonyl (C=O) groups is 1. The van der Waals surface area contributed by atoms with Crippen LogP contribution in [0.2, 0.25) is 0 Å². The maximum absolute atomic E-state index is 12.7. The third kappa shape index (κ3) is 2.88. The monoisotopic (exact) mass is 298 g/mol. The van der Waals surface area contributed by atoms with Crippen LogP contribution >= 0.6 is 0 Å². The number of aryl methyl sites for hydroxylation is 2. The fourth-order valence-electron chi connectivity index (χ4n) is 1.96. The molecule has 0 saturated heterocycles. The number of rotatable bonds is 2. The van der Waals surface area contributed by atoms with Crippen molar-refractivity contribution in [2.45, 2.75) is 13.1 Å². The fourth-order valence-corrected chi connectivity index (χ4v) is 1.96. The van der Waals surface area contributed by atoms with Gasteiger partial charge in [-0.2, -0.15) is 18.3 Å². The van der Waals surface area contributed by atoms with Gasteiger partial charge in [0.1, 0.15) is 5.69 Å². The number of alkyl halides is 3. The van der Waals surface area contributed by atoms with Gasteiger partial charge >= 0.3 is 6.18 Å². The van der Waals surface area contributed by atoms with Crippen molar-refractivity contribution in [2.24, 2.45) is 7.05 Å². The van der Waals surface area contributed by atoms with E-state index in [4.69, 9.17) is 0 Å². The van der Waals surface area contributed by atoms with Gasteiger partial charge in [-0.05, 0) is 18.6 Å². The summed E-state index contributed by atoms with van der Waals surface area (Å²) in [7, 11) is 2.63. The van der Waals surface area contributed by atoms with Gasteiger partial charge in [-0.25, -0.2) is 0 Å². The number of pyridine rings is 1. The van der Waals surface area contributed by atoms with Crippen molar-refractivity contribution < 1.29 is 18.0 Å². The Labute approximate surface area is 119 Å². The van der Waals surface area contributed by atoms with E-state index >= 15 is 0 Å². The molecule has 5 nitrogen and oxygen atoms in total. The van der Waals surface area contributed by atoms with Gasteiger partial charge in [0, 0.05) is 38.2 Å². The molecule has 21 heavy (non-hydrogen) atoms. The summed E-state index contributed by atoms with van der Waals surface area (Å²) in [5.74, 6) is -0.615. The second-order valence-electron chi connectivity index (χ2n) is 4.56. The van der Waals surface area contributed by atoms with Gasteiger partial charge in [-0.3, -0.25) is 14.5 Å². The van der Waals surface area contributed by atoms with Crippen molar-refractivity contribution in [1.29, 1.82) is 0 Å². The molecule has 0 saturated carbocycles. The number of hydrogen-bond acceptors (Lipinski definition) is 3. The van der Waals surface area contributed by atoms with E-state index in [0.29, 0.717) is 10.4 Å². The smallest absolute Gasteiger partial charge is 0.310 e. The van der Waals surface area contributed by atoms with Gasteiger partial charge in [0.25, 0.3) is 5.91 Å². The van der Waals surface area contributed by atoms with Crippen LogP contribution in [0.4, 0.5) is 18.9 Å². The lowest BCUT2D eigenvalue weighted by Crippen LogP contribution is -2.27. The molecule has 0 aromatic carbocycles. The van der Waals surface area contributed by atoms with Gasteiger partial charge in [0.15, 0.2) is 5.69 Å². The average Bonchev–Trinajstić information content (AvgIpc) is 2.80. The summed E-state index contributed by atoms with van der Waals surface area (Å²) in [6.45, 7) is 1.76. The predicted octanol–water partition coefficient (Wildman–Crippen LogP) is 2.42. The molecule has 0 fully saturated rings. The molecule has 0 aliphatic rings. The Morgan fingerprint density at radius 3 is 2.57 bits per heavy atom. The molecule has 2 aromatic heterocycles. The van der Waals surface area contributed by atoms with E-state index < -0.39 is 17.8 Å². The van der Waals surface area contributed by atoms with Crippen LogP contribution in [-0.2, 0) is 13.2 Å². The molecular formula is C13H13F3N4O. The van der Waals surface area contributed by atoms with E-state index in [2.05, 4.69) is 10.1 Å².